The third kappa shape index (κ3) is 5.95. The first-order chi connectivity index (χ1) is 10.1. The van der Waals surface area contributed by atoms with Crippen molar-refractivity contribution in [2.24, 2.45) is 5.92 Å². The van der Waals surface area contributed by atoms with Gasteiger partial charge in [-0.05, 0) is 64.7 Å². The van der Waals surface area contributed by atoms with E-state index in [1.807, 2.05) is 11.9 Å². The van der Waals surface area contributed by atoms with Gasteiger partial charge in [0.1, 0.15) is 0 Å². The zero-order valence-corrected chi connectivity index (χ0v) is 13.6. The molecule has 1 N–H and O–H groups in total. The lowest BCUT2D eigenvalue weighted by Crippen LogP contribution is -2.36. The highest BCUT2D eigenvalue weighted by Crippen LogP contribution is 2.28. The number of carbonyl (C=O) groups is 1. The molecule has 1 saturated carbocycles. The van der Waals surface area contributed by atoms with Gasteiger partial charge in [-0.1, -0.05) is 25.7 Å². The molecule has 1 aliphatic heterocycles. The van der Waals surface area contributed by atoms with Gasteiger partial charge in [-0.3, -0.25) is 9.69 Å². The molecule has 0 amide bonds. The van der Waals surface area contributed by atoms with Crippen LogP contribution in [0.2, 0.25) is 0 Å². The van der Waals surface area contributed by atoms with E-state index in [1.165, 1.54) is 58.0 Å². The van der Waals surface area contributed by atoms with E-state index in [1.54, 1.807) is 0 Å². The van der Waals surface area contributed by atoms with Crippen LogP contribution in [0.5, 0.6) is 0 Å². The van der Waals surface area contributed by atoms with Crippen molar-refractivity contribution in [3.05, 3.63) is 0 Å². The monoisotopic (exact) mass is 296 g/mol. The van der Waals surface area contributed by atoms with Crippen LogP contribution in [0.3, 0.4) is 0 Å². The van der Waals surface area contributed by atoms with Gasteiger partial charge in [-0.25, -0.2) is 0 Å². The van der Waals surface area contributed by atoms with E-state index in [2.05, 4.69) is 4.90 Å². The maximum atomic E-state index is 10.8. The Morgan fingerprint density at radius 1 is 1.14 bits per heavy atom. The zero-order chi connectivity index (χ0) is 15.1. The summed E-state index contributed by atoms with van der Waals surface area (Å²) < 4.78 is 0. The molecular weight excluding hydrogens is 264 g/mol. The molecule has 122 valence electrons. The largest absolute Gasteiger partial charge is 0.480 e. The van der Waals surface area contributed by atoms with Gasteiger partial charge in [-0.2, -0.15) is 0 Å². The van der Waals surface area contributed by atoms with Gasteiger partial charge in [0, 0.05) is 6.04 Å². The standard InChI is InChI=1S/C17H32N2O2/c1-18(14-17(20)21)16-9-5-12-19(13-10-16)11-4-8-15-6-2-3-7-15/h15-16H,2-14H2,1H3,(H,20,21). The molecule has 1 aliphatic carbocycles. The first kappa shape index (κ1) is 16.8. The number of rotatable bonds is 7. The van der Waals surface area contributed by atoms with E-state index >= 15 is 0 Å². The second kappa shape index (κ2) is 8.74. The smallest absolute Gasteiger partial charge is 0.317 e. The normalized spacial score (nSPS) is 25.3. The SMILES string of the molecule is CN(CC(=O)O)C1CCCN(CCCC2CCCC2)CC1. The van der Waals surface area contributed by atoms with Gasteiger partial charge >= 0.3 is 5.97 Å². The second-order valence-electron chi connectivity index (χ2n) is 7.03. The number of likely N-dealkylation sites (N-methyl/N-ethyl adjacent to an activating group) is 1. The minimum absolute atomic E-state index is 0.173. The van der Waals surface area contributed by atoms with Gasteiger partial charge < -0.3 is 10.0 Å². The number of carboxylic acid groups (broad SMARTS) is 1. The van der Waals surface area contributed by atoms with Crippen molar-refractivity contribution in [3.8, 4) is 0 Å². The highest BCUT2D eigenvalue weighted by Gasteiger charge is 2.22. The zero-order valence-electron chi connectivity index (χ0n) is 13.6. The lowest BCUT2D eigenvalue weighted by atomic mass is 10.0. The molecule has 0 aromatic heterocycles. The topological polar surface area (TPSA) is 43.8 Å². The summed E-state index contributed by atoms with van der Waals surface area (Å²) in [4.78, 5) is 15.4. The first-order valence-electron chi connectivity index (χ1n) is 8.79. The molecule has 1 heterocycles. The Kier molecular flexibility index (Phi) is 6.97. The van der Waals surface area contributed by atoms with E-state index in [0.29, 0.717) is 6.04 Å². The van der Waals surface area contributed by atoms with Crippen LogP contribution in [0.1, 0.15) is 57.8 Å². The summed E-state index contributed by atoms with van der Waals surface area (Å²) in [5.74, 6) is 0.293. The number of hydrogen-bond acceptors (Lipinski definition) is 3. The highest BCUT2D eigenvalue weighted by atomic mass is 16.4. The van der Waals surface area contributed by atoms with Crippen LogP contribution in [0, 0.1) is 5.92 Å². The number of nitrogens with zero attached hydrogens (tertiary/aromatic N) is 2. The van der Waals surface area contributed by atoms with Crippen LogP contribution in [0.15, 0.2) is 0 Å². The Hall–Kier alpha value is -0.610. The lowest BCUT2D eigenvalue weighted by Gasteiger charge is -2.25. The molecule has 0 aromatic rings. The number of carboxylic acids is 1. The number of hydrogen-bond donors (Lipinski definition) is 1. The fourth-order valence-electron chi connectivity index (χ4n) is 4.05. The third-order valence-electron chi connectivity index (χ3n) is 5.36. The van der Waals surface area contributed by atoms with Crippen LogP contribution in [-0.2, 0) is 4.79 Å². The van der Waals surface area contributed by atoms with Crippen molar-refractivity contribution in [1.82, 2.24) is 9.80 Å². The summed E-state index contributed by atoms with van der Waals surface area (Å²) in [5, 5.41) is 8.90. The van der Waals surface area contributed by atoms with Crippen molar-refractivity contribution in [1.29, 1.82) is 0 Å². The maximum absolute atomic E-state index is 10.8. The molecule has 0 bridgehead atoms. The Labute approximate surface area is 129 Å². The van der Waals surface area contributed by atoms with Crippen LogP contribution < -0.4 is 0 Å². The summed E-state index contributed by atoms with van der Waals surface area (Å²) in [5.41, 5.74) is 0. The summed E-state index contributed by atoms with van der Waals surface area (Å²) >= 11 is 0. The van der Waals surface area contributed by atoms with Gasteiger partial charge in [0.2, 0.25) is 0 Å². The summed E-state index contributed by atoms with van der Waals surface area (Å²) in [6, 6.07) is 0.445. The van der Waals surface area contributed by atoms with Crippen molar-refractivity contribution < 1.29 is 9.90 Å². The van der Waals surface area contributed by atoms with E-state index in [9.17, 15) is 4.79 Å². The predicted octanol–water partition coefficient (Wildman–Crippen LogP) is 2.83. The fourth-order valence-corrected chi connectivity index (χ4v) is 4.05. The van der Waals surface area contributed by atoms with Gasteiger partial charge in [0.15, 0.2) is 0 Å². The van der Waals surface area contributed by atoms with Crippen molar-refractivity contribution >= 4 is 5.97 Å². The van der Waals surface area contributed by atoms with Crippen LogP contribution in [0.4, 0.5) is 0 Å². The van der Waals surface area contributed by atoms with Crippen LogP contribution >= 0.6 is 0 Å². The minimum Gasteiger partial charge on any atom is -0.480 e. The van der Waals surface area contributed by atoms with Gasteiger partial charge in [0.05, 0.1) is 6.54 Å². The molecule has 0 spiro atoms. The fraction of sp³-hybridized carbons (Fsp3) is 0.941. The third-order valence-corrected chi connectivity index (χ3v) is 5.36. The molecule has 1 saturated heterocycles. The molecule has 21 heavy (non-hydrogen) atoms. The molecule has 2 rings (SSSR count). The van der Waals surface area contributed by atoms with Gasteiger partial charge in [-0.15, -0.1) is 0 Å². The molecule has 0 radical (unpaired) electrons. The highest BCUT2D eigenvalue weighted by molar-refractivity contribution is 5.69. The summed E-state index contributed by atoms with van der Waals surface area (Å²) in [6.07, 6.45) is 12.1. The Bertz CT molecular complexity index is 316. The van der Waals surface area contributed by atoms with E-state index < -0.39 is 5.97 Å². The van der Waals surface area contributed by atoms with Crippen LogP contribution in [-0.4, -0.2) is 60.1 Å². The van der Waals surface area contributed by atoms with Crippen molar-refractivity contribution in [3.63, 3.8) is 0 Å². The van der Waals surface area contributed by atoms with E-state index in [4.69, 9.17) is 5.11 Å². The molecule has 1 atom stereocenters. The average molecular weight is 296 g/mol. The molecule has 2 fully saturated rings. The predicted molar refractivity (Wildman–Crippen MR) is 85.5 cm³/mol. The molecule has 2 aliphatic rings. The quantitative estimate of drug-likeness (QED) is 0.784. The summed E-state index contributed by atoms with van der Waals surface area (Å²) in [6.45, 7) is 3.75. The average Bonchev–Trinajstić information content (AvgIpc) is 2.82. The molecule has 1 unspecified atom stereocenters. The number of likely N-dealkylation sites (tertiary alicyclic amines) is 1. The molecule has 4 nitrogen and oxygen atoms in total. The Balaban J connectivity index is 1.64. The molecule has 0 aromatic carbocycles. The Morgan fingerprint density at radius 2 is 1.90 bits per heavy atom. The first-order valence-corrected chi connectivity index (χ1v) is 8.79. The Morgan fingerprint density at radius 3 is 2.62 bits per heavy atom. The number of aliphatic carboxylic acids is 1. The molecular formula is C17H32N2O2. The van der Waals surface area contributed by atoms with Crippen molar-refractivity contribution in [2.75, 3.05) is 33.2 Å². The maximum Gasteiger partial charge on any atom is 0.317 e. The molecule has 4 heteroatoms. The van der Waals surface area contributed by atoms with Crippen LogP contribution in [0.25, 0.3) is 0 Å². The summed E-state index contributed by atoms with van der Waals surface area (Å²) in [7, 11) is 1.95. The second-order valence-corrected chi connectivity index (χ2v) is 7.03. The van der Waals surface area contributed by atoms with E-state index in [0.717, 1.165) is 25.3 Å². The lowest BCUT2D eigenvalue weighted by molar-refractivity contribution is -0.138. The minimum atomic E-state index is -0.713. The van der Waals surface area contributed by atoms with Gasteiger partial charge in [0.25, 0.3) is 0 Å². The van der Waals surface area contributed by atoms with E-state index in [-0.39, 0.29) is 6.54 Å². The van der Waals surface area contributed by atoms with Crippen molar-refractivity contribution in [2.45, 2.75) is 63.8 Å².